The lowest BCUT2D eigenvalue weighted by atomic mass is 9.92. The Balaban J connectivity index is 2.14. The van der Waals surface area contributed by atoms with Gasteiger partial charge >= 0.3 is 5.97 Å². The van der Waals surface area contributed by atoms with E-state index in [4.69, 9.17) is 9.26 Å². The number of nitrogens with one attached hydrogen (secondary N) is 1. The average Bonchev–Trinajstić information content (AvgIpc) is 2.79. The molecule has 0 atom stereocenters. The van der Waals surface area contributed by atoms with Gasteiger partial charge in [0.1, 0.15) is 17.5 Å². The van der Waals surface area contributed by atoms with Crippen LogP contribution in [0.5, 0.6) is 0 Å². The fraction of sp³-hybridized carbons (Fsp3) is 0.636. The fourth-order valence-electron chi connectivity index (χ4n) is 2.00. The highest BCUT2D eigenvalue weighted by atomic mass is 16.5. The zero-order chi connectivity index (χ0) is 11.4. The van der Waals surface area contributed by atoms with Gasteiger partial charge in [0.25, 0.3) is 0 Å². The van der Waals surface area contributed by atoms with Crippen molar-refractivity contribution in [2.45, 2.75) is 25.7 Å². The van der Waals surface area contributed by atoms with E-state index >= 15 is 0 Å². The van der Waals surface area contributed by atoms with Crippen LogP contribution in [-0.4, -0.2) is 30.8 Å². The topological polar surface area (TPSA) is 64.4 Å². The summed E-state index contributed by atoms with van der Waals surface area (Å²) in [5, 5.41) is 7.22. The lowest BCUT2D eigenvalue weighted by Crippen LogP contribution is -2.27. The van der Waals surface area contributed by atoms with Crippen molar-refractivity contribution in [3.05, 3.63) is 17.5 Å². The minimum Gasteiger partial charge on any atom is -0.462 e. The minimum absolute atomic E-state index is 0.305. The average molecular weight is 224 g/mol. The monoisotopic (exact) mass is 224 g/mol. The molecule has 1 aromatic heterocycles. The molecular weight excluding hydrogens is 208 g/mol. The molecule has 0 amide bonds. The maximum absolute atomic E-state index is 11.6. The molecule has 16 heavy (non-hydrogen) atoms. The van der Waals surface area contributed by atoms with Crippen molar-refractivity contribution in [2.24, 2.45) is 0 Å². The minimum atomic E-state index is -0.336. The second-order valence-electron chi connectivity index (χ2n) is 3.86. The normalized spacial score (nSPS) is 17.3. The van der Waals surface area contributed by atoms with Gasteiger partial charge in [-0.25, -0.2) is 4.79 Å². The molecule has 1 aliphatic heterocycles. The third kappa shape index (κ3) is 2.24. The van der Waals surface area contributed by atoms with Gasteiger partial charge in [0.15, 0.2) is 0 Å². The van der Waals surface area contributed by atoms with Crippen molar-refractivity contribution in [3.8, 4) is 0 Å². The molecule has 0 bridgehead atoms. The smallest absolute Gasteiger partial charge is 0.343 e. The lowest BCUT2D eigenvalue weighted by molar-refractivity contribution is 0.0523. The maximum Gasteiger partial charge on any atom is 0.343 e. The van der Waals surface area contributed by atoms with E-state index in [0.717, 1.165) is 31.6 Å². The lowest BCUT2D eigenvalue weighted by Gasteiger charge is -2.20. The molecule has 1 aromatic rings. The second kappa shape index (κ2) is 5.12. The van der Waals surface area contributed by atoms with E-state index in [1.807, 2.05) is 0 Å². The van der Waals surface area contributed by atoms with E-state index in [9.17, 15) is 4.79 Å². The number of carbonyl (C=O) groups is 1. The Morgan fingerprint density at radius 2 is 2.38 bits per heavy atom. The van der Waals surface area contributed by atoms with E-state index < -0.39 is 0 Å². The predicted molar refractivity (Wildman–Crippen MR) is 57.3 cm³/mol. The van der Waals surface area contributed by atoms with Crippen LogP contribution in [-0.2, 0) is 4.74 Å². The Hall–Kier alpha value is -1.36. The molecule has 0 radical (unpaired) electrons. The first kappa shape index (κ1) is 11.1. The van der Waals surface area contributed by atoms with Crippen molar-refractivity contribution in [2.75, 3.05) is 19.7 Å². The first-order valence-electron chi connectivity index (χ1n) is 5.65. The number of hydrogen-bond donors (Lipinski definition) is 1. The van der Waals surface area contributed by atoms with Crippen LogP contribution < -0.4 is 5.32 Å². The van der Waals surface area contributed by atoms with Crippen LogP contribution in [0.15, 0.2) is 10.8 Å². The highest BCUT2D eigenvalue weighted by Gasteiger charge is 2.25. The molecule has 2 rings (SSSR count). The highest BCUT2D eigenvalue weighted by molar-refractivity contribution is 5.90. The molecule has 1 saturated heterocycles. The highest BCUT2D eigenvalue weighted by Crippen LogP contribution is 2.27. The van der Waals surface area contributed by atoms with Crippen molar-refractivity contribution in [3.63, 3.8) is 0 Å². The van der Waals surface area contributed by atoms with Gasteiger partial charge < -0.3 is 14.6 Å². The summed E-state index contributed by atoms with van der Waals surface area (Å²) in [7, 11) is 0. The molecule has 0 aliphatic carbocycles. The van der Waals surface area contributed by atoms with Crippen LogP contribution >= 0.6 is 0 Å². The Morgan fingerprint density at radius 1 is 1.62 bits per heavy atom. The van der Waals surface area contributed by atoms with Crippen LogP contribution in [0, 0.1) is 0 Å². The SMILES string of the molecule is CCOC(=O)c1conc1C1CCNCC1. The Kier molecular flexibility index (Phi) is 3.56. The molecule has 5 nitrogen and oxygen atoms in total. The van der Waals surface area contributed by atoms with Crippen LogP contribution in [0.3, 0.4) is 0 Å². The Bertz CT molecular complexity index is 356. The molecule has 88 valence electrons. The van der Waals surface area contributed by atoms with Gasteiger partial charge in [-0.05, 0) is 32.9 Å². The third-order valence-electron chi connectivity index (χ3n) is 2.82. The summed E-state index contributed by atoms with van der Waals surface area (Å²) in [5.41, 5.74) is 1.23. The Labute approximate surface area is 94.1 Å². The summed E-state index contributed by atoms with van der Waals surface area (Å²) in [6.45, 7) is 4.07. The van der Waals surface area contributed by atoms with E-state index in [-0.39, 0.29) is 5.97 Å². The third-order valence-corrected chi connectivity index (χ3v) is 2.82. The van der Waals surface area contributed by atoms with Gasteiger partial charge in [-0.3, -0.25) is 0 Å². The van der Waals surface area contributed by atoms with Crippen LogP contribution in [0.2, 0.25) is 0 Å². The molecule has 5 heteroatoms. The molecule has 0 unspecified atom stereocenters. The number of piperidine rings is 1. The number of nitrogens with zero attached hydrogens (tertiary/aromatic N) is 1. The maximum atomic E-state index is 11.6. The van der Waals surface area contributed by atoms with Crippen molar-refractivity contribution >= 4 is 5.97 Å². The van der Waals surface area contributed by atoms with Crippen LogP contribution in [0.4, 0.5) is 0 Å². The van der Waals surface area contributed by atoms with Gasteiger partial charge in [-0.2, -0.15) is 0 Å². The molecule has 1 aliphatic rings. The largest absolute Gasteiger partial charge is 0.462 e. The molecule has 0 aromatic carbocycles. The molecule has 1 N–H and O–H groups in total. The number of hydrogen-bond acceptors (Lipinski definition) is 5. The van der Waals surface area contributed by atoms with Crippen molar-refractivity contribution < 1.29 is 14.1 Å². The molecule has 2 heterocycles. The second-order valence-corrected chi connectivity index (χ2v) is 3.86. The van der Waals surface area contributed by atoms with Gasteiger partial charge in [0, 0.05) is 5.92 Å². The molecule has 1 fully saturated rings. The predicted octanol–water partition coefficient (Wildman–Crippen LogP) is 1.32. The van der Waals surface area contributed by atoms with Crippen LogP contribution in [0.1, 0.15) is 41.7 Å². The van der Waals surface area contributed by atoms with Gasteiger partial charge in [0.05, 0.1) is 6.61 Å². The van der Waals surface area contributed by atoms with Gasteiger partial charge in [0.2, 0.25) is 0 Å². The summed E-state index contributed by atoms with van der Waals surface area (Å²) < 4.78 is 9.86. The van der Waals surface area contributed by atoms with E-state index in [1.54, 1.807) is 6.92 Å². The summed E-state index contributed by atoms with van der Waals surface area (Å²) in [6.07, 6.45) is 3.35. The Morgan fingerprint density at radius 3 is 3.06 bits per heavy atom. The van der Waals surface area contributed by atoms with Crippen molar-refractivity contribution in [1.82, 2.24) is 10.5 Å². The number of rotatable bonds is 3. The first-order chi connectivity index (χ1) is 7.83. The molecular formula is C11H16N2O3. The first-order valence-corrected chi connectivity index (χ1v) is 5.65. The van der Waals surface area contributed by atoms with Gasteiger partial charge in [-0.1, -0.05) is 5.16 Å². The number of esters is 1. The molecule has 0 saturated carbocycles. The summed E-state index contributed by atoms with van der Waals surface area (Å²) in [6, 6.07) is 0. The van der Waals surface area contributed by atoms with E-state index in [2.05, 4.69) is 10.5 Å². The number of ether oxygens (including phenoxy) is 1. The quantitative estimate of drug-likeness (QED) is 0.784. The standard InChI is InChI=1S/C11H16N2O3/c1-2-15-11(14)9-7-16-13-10(9)8-3-5-12-6-4-8/h7-8,12H,2-6H2,1H3. The molecule has 0 spiro atoms. The number of aromatic nitrogens is 1. The summed E-state index contributed by atoms with van der Waals surface area (Å²) in [4.78, 5) is 11.6. The van der Waals surface area contributed by atoms with Crippen LogP contribution in [0.25, 0.3) is 0 Å². The van der Waals surface area contributed by atoms with E-state index in [1.165, 1.54) is 6.26 Å². The fourth-order valence-corrected chi connectivity index (χ4v) is 2.00. The number of carbonyl (C=O) groups excluding carboxylic acids is 1. The zero-order valence-corrected chi connectivity index (χ0v) is 9.36. The van der Waals surface area contributed by atoms with Gasteiger partial charge in [-0.15, -0.1) is 0 Å². The summed E-state index contributed by atoms with van der Waals surface area (Å²) in [5.74, 6) is -0.0308. The zero-order valence-electron chi connectivity index (χ0n) is 9.36. The summed E-state index contributed by atoms with van der Waals surface area (Å²) >= 11 is 0. The van der Waals surface area contributed by atoms with E-state index in [0.29, 0.717) is 18.1 Å². The van der Waals surface area contributed by atoms with Crippen molar-refractivity contribution in [1.29, 1.82) is 0 Å².